The molecule has 0 aliphatic heterocycles. The highest BCUT2D eigenvalue weighted by Gasteiger charge is 2.04. The van der Waals surface area contributed by atoms with E-state index >= 15 is 0 Å². The van der Waals surface area contributed by atoms with Crippen molar-refractivity contribution in [3.8, 4) is 11.1 Å². The van der Waals surface area contributed by atoms with Crippen LogP contribution in [-0.2, 0) is 6.42 Å². The first-order valence-electron chi connectivity index (χ1n) is 6.74. The molecule has 0 aliphatic rings. The second kappa shape index (κ2) is 5.25. The van der Waals surface area contributed by atoms with Gasteiger partial charge in [0.25, 0.3) is 0 Å². The summed E-state index contributed by atoms with van der Waals surface area (Å²) in [6.07, 6.45) is 3.68. The number of hydrogen-bond acceptors (Lipinski definition) is 2. The minimum atomic E-state index is 0.715. The van der Waals surface area contributed by atoms with E-state index in [1.165, 1.54) is 0 Å². The maximum Gasteiger partial charge on any atom is 0.150 e. The monoisotopic (exact) mass is 261 g/mol. The average molecular weight is 261 g/mol. The first-order valence-corrected chi connectivity index (χ1v) is 6.74. The van der Waals surface area contributed by atoms with Gasteiger partial charge in [0.2, 0.25) is 0 Å². The molecule has 20 heavy (non-hydrogen) atoms. The summed E-state index contributed by atoms with van der Waals surface area (Å²) in [4.78, 5) is 15.5. The number of carbonyl (C=O) groups excluding carboxylic acids is 1. The molecule has 0 amide bonds. The molecule has 2 heteroatoms. The van der Waals surface area contributed by atoms with Gasteiger partial charge in [-0.3, -0.25) is 9.78 Å². The molecule has 0 spiro atoms. The van der Waals surface area contributed by atoms with Crippen LogP contribution in [0.2, 0.25) is 0 Å². The molecule has 98 valence electrons. The fourth-order valence-electron chi connectivity index (χ4n) is 2.39. The van der Waals surface area contributed by atoms with Crippen LogP contribution in [0.5, 0.6) is 0 Å². The summed E-state index contributed by atoms with van der Waals surface area (Å²) in [5.41, 5.74) is 4.95. The molecule has 0 saturated carbocycles. The summed E-state index contributed by atoms with van der Waals surface area (Å²) in [6, 6.07) is 16.1. The van der Waals surface area contributed by atoms with Gasteiger partial charge in [-0.25, -0.2) is 0 Å². The van der Waals surface area contributed by atoms with E-state index in [0.29, 0.717) is 5.56 Å². The summed E-state index contributed by atoms with van der Waals surface area (Å²) in [7, 11) is 0. The fraction of sp³-hybridized carbons (Fsp3) is 0.111. The molecule has 0 N–H and O–H groups in total. The van der Waals surface area contributed by atoms with Crippen molar-refractivity contribution in [3.63, 3.8) is 0 Å². The Morgan fingerprint density at radius 2 is 1.90 bits per heavy atom. The van der Waals surface area contributed by atoms with Crippen LogP contribution in [-0.4, -0.2) is 11.3 Å². The van der Waals surface area contributed by atoms with E-state index in [2.05, 4.69) is 30.1 Å². The van der Waals surface area contributed by atoms with E-state index in [0.717, 1.165) is 40.3 Å². The maximum absolute atomic E-state index is 11.1. The van der Waals surface area contributed by atoms with E-state index in [-0.39, 0.29) is 0 Å². The third-order valence-corrected chi connectivity index (χ3v) is 3.48. The van der Waals surface area contributed by atoms with Gasteiger partial charge in [0.15, 0.2) is 0 Å². The number of carbonyl (C=O) groups is 1. The molecule has 1 aromatic heterocycles. The second-order valence-electron chi connectivity index (χ2n) is 4.85. The van der Waals surface area contributed by atoms with Gasteiger partial charge in [-0.05, 0) is 41.8 Å². The lowest BCUT2D eigenvalue weighted by Gasteiger charge is -2.07. The van der Waals surface area contributed by atoms with Crippen molar-refractivity contribution in [2.75, 3.05) is 0 Å². The molecule has 3 rings (SSSR count). The number of hydrogen-bond donors (Lipinski definition) is 0. The third kappa shape index (κ3) is 2.32. The lowest BCUT2D eigenvalue weighted by Crippen LogP contribution is -1.89. The lowest BCUT2D eigenvalue weighted by atomic mass is 9.99. The molecule has 0 atom stereocenters. The number of nitrogens with zero attached hydrogens (tertiary/aromatic N) is 1. The van der Waals surface area contributed by atoms with E-state index in [4.69, 9.17) is 0 Å². The van der Waals surface area contributed by atoms with Crippen LogP contribution in [0.4, 0.5) is 0 Å². The lowest BCUT2D eigenvalue weighted by molar-refractivity contribution is 0.112. The predicted octanol–water partition coefficient (Wildman–Crippen LogP) is 4.28. The first kappa shape index (κ1) is 12.5. The summed E-state index contributed by atoms with van der Waals surface area (Å²) in [5, 5.41) is 1.11. The Morgan fingerprint density at radius 1 is 1.05 bits per heavy atom. The second-order valence-corrected chi connectivity index (χ2v) is 4.85. The molecular weight excluding hydrogens is 246 g/mol. The zero-order chi connectivity index (χ0) is 13.9. The Hall–Kier alpha value is -2.48. The highest BCUT2D eigenvalue weighted by atomic mass is 16.1. The van der Waals surface area contributed by atoms with Gasteiger partial charge < -0.3 is 0 Å². The number of rotatable bonds is 3. The largest absolute Gasteiger partial charge is 0.298 e. The van der Waals surface area contributed by atoms with E-state index in [1.54, 1.807) is 0 Å². The van der Waals surface area contributed by atoms with Gasteiger partial charge in [0.1, 0.15) is 6.29 Å². The van der Waals surface area contributed by atoms with Gasteiger partial charge >= 0.3 is 0 Å². The Labute approximate surface area is 118 Å². The zero-order valence-electron chi connectivity index (χ0n) is 11.3. The first-order chi connectivity index (χ1) is 9.80. The molecule has 0 aliphatic carbocycles. The van der Waals surface area contributed by atoms with Crippen molar-refractivity contribution in [3.05, 3.63) is 65.9 Å². The predicted molar refractivity (Wildman–Crippen MR) is 81.9 cm³/mol. The molecule has 0 bridgehead atoms. The minimum absolute atomic E-state index is 0.715. The highest BCUT2D eigenvalue weighted by molar-refractivity contribution is 5.85. The van der Waals surface area contributed by atoms with Crippen molar-refractivity contribution < 1.29 is 4.79 Å². The molecule has 0 radical (unpaired) electrons. The maximum atomic E-state index is 11.1. The minimum Gasteiger partial charge on any atom is -0.298 e. The number of aldehydes is 1. The Morgan fingerprint density at radius 3 is 2.70 bits per heavy atom. The molecule has 1 heterocycles. The van der Waals surface area contributed by atoms with Gasteiger partial charge in [-0.1, -0.05) is 31.2 Å². The van der Waals surface area contributed by atoms with Crippen molar-refractivity contribution in [2.24, 2.45) is 0 Å². The van der Waals surface area contributed by atoms with Gasteiger partial charge in [-0.2, -0.15) is 0 Å². The number of para-hydroxylation sites is 1. The summed E-state index contributed by atoms with van der Waals surface area (Å²) >= 11 is 0. The molecule has 3 aromatic rings. The third-order valence-electron chi connectivity index (χ3n) is 3.48. The number of aromatic nitrogens is 1. The Bertz CT molecular complexity index is 777. The van der Waals surface area contributed by atoms with E-state index < -0.39 is 0 Å². The summed E-state index contributed by atoms with van der Waals surface area (Å²) in [5.74, 6) is 0. The van der Waals surface area contributed by atoms with Crippen LogP contribution >= 0.6 is 0 Å². The molecule has 0 saturated heterocycles. The van der Waals surface area contributed by atoms with Crippen LogP contribution < -0.4 is 0 Å². The average Bonchev–Trinajstić information content (AvgIpc) is 2.53. The van der Waals surface area contributed by atoms with Gasteiger partial charge in [0, 0.05) is 22.7 Å². The van der Waals surface area contributed by atoms with E-state index in [9.17, 15) is 4.79 Å². The number of fused-ring (bicyclic) bond motifs is 1. The standard InChI is InChI=1S/C18H15NO/c1-2-13-7-14(12-20)9-16(8-13)17-10-15-5-3-4-6-18(15)19-11-17/h3-12H,2H2,1H3. The number of benzene rings is 2. The molecule has 0 fully saturated rings. The van der Waals surface area contributed by atoms with Crippen molar-refractivity contribution >= 4 is 17.2 Å². The van der Waals surface area contributed by atoms with Crippen LogP contribution in [0.15, 0.2) is 54.7 Å². The van der Waals surface area contributed by atoms with Gasteiger partial charge in [0.05, 0.1) is 5.52 Å². The van der Waals surface area contributed by atoms with Crippen LogP contribution in [0.1, 0.15) is 22.8 Å². The number of aryl methyl sites for hydroxylation is 1. The molecule has 0 unspecified atom stereocenters. The van der Waals surface area contributed by atoms with Gasteiger partial charge in [-0.15, -0.1) is 0 Å². The fourth-order valence-corrected chi connectivity index (χ4v) is 2.39. The molecule has 2 aromatic carbocycles. The molecular formula is C18H15NO. The Balaban J connectivity index is 2.16. The van der Waals surface area contributed by atoms with Crippen molar-refractivity contribution in [1.29, 1.82) is 0 Å². The van der Waals surface area contributed by atoms with Crippen LogP contribution in [0, 0.1) is 0 Å². The smallest absolute Gasteiger partial charge is 0.150 e. The Kier molecular flexibility index (Phi) is 3.30. The topological polar surface area (TPSA) is 30.0 Å². The molecule has 2 nitrogen and oxygen atoms in total. The van der Waals surface area contributed by atoms with Crippen LogP contribution in [0.25, 0.3) is 22.0 Å². The SMILES string of the molecule is CCc1cc(C=O)cc(-c2cnc3ccccc3c2)c1. The summed E-state index contributed by atoms with van der Waals surface area (Å²) in [6.45, 7) is 2.09. The van der Waals surface area contributed by atoms with Crippen molar-refractivity contribution in [2.45, 2.75) is 13.3 Å². The van der Waals surface area contributed by atoms with Crippen LogP contribution in [0.3, 0.4) is 0 Å². The summed E-state index contributed by atoms with van der Waals surface area (Å²) < 4.78 is 0. The number of pyridine rings is 1. The zero-order valence-corrected chi connectivity index (χ0v) is 11.3. The van der Waals surface area contributed by atoms with E-state index in [1.807, 2.05) is 36.5 Å². The quantitative estimate of drug-likeness (QED) is 0.659. The normalized spacial score (nSPS) is 10.7. The highest BCUT2D eigenvalue weighted by Crippen LogP contribution is 2.24. The van der Waals surface area contributed by atoms with Crippen molar-refractivity contribution in [1.82, 2.24) is 4.98 Å².